The summed E-state index contributed by atoms with van der Waals surface area (Å²) in [5.74, 6) is -0.132. The molecule has 5 heteroatoms. The minimum absolute atomic E-state index is 0.0696. The summed E-state index contributed by atoms with van der Waals surface area (Å²) in [5.41, 5.74) is -0.640. The minimum atomic E-state index is -4.38. The van der Waals surface area contributed by atoms with Crippen LogP contribution in [0.5, 0.6) is 0 Å². The number of aromatic nitrogens is 1. The van der Waals surface area contributed by atoms with Gasteiger partial charge in [-0.1, -0.05) is 0 Å². The van der Waals surface area contributed by atoms with Gasteiger partial charge in [0.2, 0.25) is 0 Å². The maximum atomic E-state index is 12.5. The Hall–Kier alpha value is -1.39. The molecule has 0 fully saturated rings. The Morgan fingerprint density at radius 2 is 2.13 bits per heavy atom. The van der Waals surface area contributed by atoms with Gasteiger partial charge in [0.1, 0.15) is 5.78 Å². The van der Waals surface area contributed by atoms with Crippen LogP contribution in [0.15, 0.2) is 18.5 Å². The highest BCUT2D eigenvalue weighted by molar-refractivity contribution is 5.75. The molecule has 0 saturated heterocycles. The Bertz CT molecular complexity index is 360. The molecule has 0 aliphatic heterocycles. The predicted molar refractivity (Wildman–Crippen MR) is 48.2 cm³/mol. The smallest absolute Gasteiger partial charge is 0.300 e. The summed E-state index contributed by atoms with van der Waals surface area (Å²) in [6, 6.07) is 0.926. The van der Waals surface area contributed by atoms with Gasteiger partial charge >= 0.3 is 6.18 Å². The first-order chi connectivity index (χ1) is 6.91. The van der Waals surface area contributed by atoms with Gasteiger partial charge in [-0.25, -0.2) is 0 Å². The molecule has 1 rings (SSSR count). The van der Waals surface area contributed by atoms with Crippen molar-refractivity contribution < 1.29 is 18.0 Å². The number of nitrogens with zero attached hydrogens (tertiary/aromatic N) is 1. The van der Waals surface area contributed by atoms with Crippen LogP contribution in [0.1, 0.15) is 24.5 Å². The van der Waals surface area contributed by atoms with Crippen molar-refractivity contribution in [3.05, 3.63) is 29.6 Å². The molecule has 2 nitrogen and oxygen atoms in total. The van der Waals surface area contributed by atoms with Crippen LogP contribution in [0.2, 0.25) is 0 Å². The van der Waals surface area contributed by atoms with E-state index in [1.807, 2.05) is 0 Å². The number of hydrogen-bond donors (Lipinski definition) is 0. The molecule has 0 aliphatic carbocycles. The lowest BCUT2D eigenvalue weighted by Gasteiger charge is -2.11. The van der Waals surface area contributed by atoms with Gasteiger partial charge in [0, 0.05) is 18.8 Å². The van der Waals surface area contributed by atoms with Crippen molar-refractivity contribution in [1.82, 2.24) is 4.98 Å². The lowest BCUT2D eigenvalue weighted by molar-refractivity contribution is -0.138. The SMILES string of the molecule is CC(=O)CCc1cnccc1C(F)(F)F. The van der Waals surface area contributed by atoms with Crippen LogP contribution in [0, 0.1) is 0 Å². The van der Waals surface area contributed by atoms with E-state index < -0.39 is 11.7 Å². The highest BCUT2D eigenvalue weighted by Gasteiger charge is 2.32. The third kappa shape index (κ3) is 3.34. The second kappa shape index (κ2) is 4.42. The number of carbonyl (C=O) groups excluding carboxylic acids is 1. The molecule has 1 aromatic rings. The number of pyridine rings is 1. The number of carbonyl (C=O) groups is 1. The third-order valence-corrected chi connectivity index (χ3v) is 1.96. The molecule has 0 amide bonds. The Labute approximate surface area is 85.1 Å². The van der Waals surface area contributed by atoms with Gasteiger partial charge in [0.05, 0.1) is 5.56 Å². The van der Waals surface area contributed by atoms with Crippen molar-refractivity contribution in [2.75, 3.05) is 0 Å². The standard InChI is InChI=1S/C10H10F3NO/c1-7(15)2-3-8-6-14-5-4-9(8)10(11,12)13/h4-6H,2-3H2,1H3. The van der Waals surface area contributed by atoms with Crippen molar-refractivity contribution in [3.63, 3.8) is 0 Å². The number of rotatable bonds is 3. The molecule has 0 bridgehead atoms. The van der Waals surface area contributed by atoms with Crippen molar-refractivity contribution in [2.24, 2.45) is 0 Å². The molecule has 82 valence electrons. The normalized spacial score (nSPS) is 11.5. The number of alkyl halides is 3. The van der Waals surface area contributed by atoms with Crippen molar-refractivity contribution in [1.29, 1.82) is 0 Å². The minimum Gasteiger partial charge on any atom is -0.300 e. The van der Waals surface area contributed by atoms with E-state index in [2.05, 4.69) is 4.98 Å². The maximum absolute atomic E-state index is 12.5. The van der Waals surface area contributed by atoms with E-state index in [1.165, 1.54) is 6.92 Å². The molecular formula is C10H10F3NO. The van der Waals surface area contributed by atoms with Crippen LogP contribution in [0.4, 0.5) is 13.2 Å². The Kier molecular flexibility index (Phi) is 3.44. The van der Waals surface area contributed by atoms with E-state index in [0.29, 0.717) is 0 Å². The van der Waals surface area contributed by atoms with Crippen LogP contribution in [0.3, 0.4) is 0 Å². The highest BCUT2D eigenvalue weighted by Crippen LogP contribution is 2.31. The van der Waals surface area contributed by atoms with E-state index in [0.717, 1.165) is 18.5 Å². The van der Waals surface area contributed by atoms with Gasteiger partial charge in [-0.3, -0.25) is 4.98 Å². The fraction of sp³-hybridized carbons (Fsp3) is 0.400. The van der Waals surface area contributed by atoms with Gasteiger partial charge in [0.25, 0.3) is 0 Å². The summed E-state index contributed by atoms with van der Waals surface area (Å²) in [7, 11) is 0. The average molecular weight is 217 g/mol. The summed E-state index contributed by atoms with van der Waals surface area (Å²) in [6.07, 6.45) is -1.94. The van der Waals surface area contributed by atoms with Crippen LogP contribution in [-0.2, 0) is 17.4 Å². The number of ketones is 1. The number of aryl methyl sites for hydroxylation is 1. The largest absolute Gasteiger partial charge is 0.416 e. The average Bonchev–Trinajstić information content (AvgIpc) is 2.13. The van der Waals surface area contributed by atoms with Gasteiger partial charge in [-0.15, -0.1) is 0 Å². The Morgan fingerprint density at radius 3 is 2.67 bits per heavy atom. The Balaban J connectivity index is 2.92. The van der Waals surface area contributed by atoms with Crippen molar-refractivity contribution >= 4 is 5.78 Å². The summed E-state index contributed by atoms with van der Waals surface area (Å²) >= 11 is 0. The van der Waals surface area contributed by atoms with Gasteiger partial charge in [-0.05, 0) is 25.0 Å². The molecule has 15 heavy (non-hydrogen) atoms. The first kappa shape index (κ1) is 11.7. The van der Waals surface area contributed by atoms with Crippen LogP contribution in [0.25, 0.3) is 0 Å². The maximum Gasteiger partial charge on any atom is 0.416 e. The topological polar surface area (TPSA) is 30.0 Å². The fourth-order valence-electron chi connectivity index (χ4n) is 1.21. The zero-order chi connectivity index (χ0) is 11.5. The zero-order valence-electron chi connectivity index (χ0n) is 8.14. The molecule has 1 aromatic heterocycles. The van der Waals surface area contributed by atoms with Crippen LogP contribution in [-0.4, -0.2) is 10.8 Å². The van der Waals surface area contributed by atoms with E-state index in [1.54, 1.807) is 0 Å². The van der Waals surface area contributed by atoms with Gasteiger partial charge in [0.15, 0.2) is 0 Å². The second-order valence-electron chi connectivity index (χ2n) is 3.23. The van der Waals surface area contributed by atoms with E-state index in [4.69, 9.17) is 0 Å². The summed E-state index contributed by atoms with van der Waals surface area (Å²) in [6.45, 7) is 1.35. The summed E-state index contributed by atoms with van der Waals surface area (Å²) < 4.78 is 37.4. The summed E-state index contributed by atoms with van der Waals surface area (Å²) in [5, 5.41) is 0. The number of hydrogen-bond acceptors (Lipinski definition) is 2. The second-order valence-corrected chi connectivity index (χ2v) is 3.23. The van der Waals surface area contributed by atoms with Gasteiger partial charge in [-0.2, -0.15) is 13.2 Å². The van der Waals surface area contributed by atoms with Crippen molar-refractivity contribution in [2.45, 2.75) is 25.9 Å². The molecule has 0 spiro atoms. The first-order valence-electron chi connectivity index (χ1n) is 4.41. The molecule has 0 saturated carbocycles. The quantitative estimate of drug-likeness (QED) is 0.778. The molecule has 1 heterocycles. The monoisotopic (exact) mass is 217 g/mol. The van der Waals surface area contributed by atoms with E-state index >= 15 is 0 Å². The molecule has 0 N–H and O–H groups in total. The van der Waals surface area contributed by atoms with Crippen LogP contribution < -0.4 is 0 Å². The molecule has 0 atom stereocenters. The van der Waals surface area contributed by atoms with E-state index in [9.17, 15) is 18.0 Å². The Morgan fingerprint density at radius 1 is 1.47 bits per heavy atom. The predicted octanol–water partition coefficient (Wildman–Crippen LogP) is 2.62. The highest BCUT2D eigenvalue weighted by atomic mass is 19.4. The lowest BCUT2D eigenvalue weighted by atomic mass is 10.0. The number of halogens is 3. The molecule has 0 unspecified atom stereocenters. The first-order valence-corrected chi connectivity index (χ1v) is 4.41. The molecule has 0 aliphatic rings. The molecule has 0 aromatic carbocycles. The van der Waals surface area contributed by atoms with Crippen molar-refractivity contribution in [3.8, 4) is 0 Å². The van der Waals surface area contributed by atoms with Gasteiger partial charge < -0.3 is 4.79 Å². The number of Topliss-reactive ketones (excluding diaryl/α,β-unsaturated/α-hetero) is 1. The zero-order valence-corrected chi connectivity index (χ0v) is 8.14. The van der Waals surface area contributed by atoms with Crippen LogP contribution >= 0.6 is 0 Å². The molecule has 0 radical (unpaired) electrons. The third-order valence-electron chi connectivity index (χ3n) is 1.96. The molecular weight excluding hydrogens is 207 g/mol. The lowest BCUT2D eigenvalue weighted by Crippen LogP contribution is -2.10. The van der Waals surface area contributed by atoms with E-state index in [-0.39, 0.29) is 24.2 Å². The summed E-state index contributed by atoms with van der Waals surface area (Å²) in [4.78, 5) is 14.3. The fourth-order valence-corrected chi connectivity index (χ4v) is 1.21.